The van der Waals surface area contributed by atoms with Gasteiger partial charge in [-0.25, -0.2) is 0 Å². The van der Waals surface area contributed by atoms with Crippen LogP contribution in [-0.2, 0) is 6.42 Å². The van der Waals surface area contributed by atoms with E-state index in [9.17, 15) is 4.79 Å². The summed E-state index contributed by atoms with van der Waals surface area (Å²) in [4.78, 5) is 11.8. The van der Waals surface area contributed by atoms with Crippen molar-refractivity contribution in [1.82, 2.24) is 0 Å². The molecule has 2 rings (SSSR count). The minimum Gasteiger partial charge on any atom is -0.459 e. The lowest BCUT2D eigenvalue weighted by Gasteiger charge is -2.09. The maximum absolute atomic E-state index is 11.8. The fourth-order valence-corrected chi connectivity index (χ4v) is 2.37. The number of halogens is 2. The second kappa shape index (κ2) is 5.46. The molecule has 0 radical (unpaired) electrons. The van der Waals surface area contributed by atoms with Crippen LogP contribution in [0.1, 0.15) is 23.0 Å². The molecule has 0 saturated carbocycles. The molecule has 1 N–H and O–H groups in total. The molecule has 0 fully saturated rings. The standard InChI is InChI=1S/C13H11Cl2NO2/c1-2-9-10(14)6-8(7-11(9)15)16-13(17)12-4-3-5-18-12/h3-7H,2H2,1H3,(H,16,17). The van der Waals surface area contributed by atoms with E-state index in [1.165, 1.54) is 6.26 Å². The monoisotopic (exact) mass is 283 g/mol. The third-order valence-corrected chi connectivity index (χ3v) is 3.17. The van der Waals surface area contributed by atoms with Gasteiger partial charge < -0.3 is 9.73 Å². The average molecular weight is 284 g/mol. The number of carbonyl (C=O) groups excluding carboxylic acids is 1. The summed E-state index contributed by atoms with van der Waals surface area (Å²) in [5.41, 5.74) is 1.41. The minimum atomic E-state index is -0.337. The van der Waals surface area contributed by atoms with Crippen molar-refractivity contribution < 1.29 is 9.21 Å². The predicted octanol–water partition coefficient (Wildman–Crippen LogP) is 4.40. The first-order valence-electron chi connectivity index (χ1n) is 5.44. The summed E-state index contributed by atoms with van der Waals surface area (Å²) in [5, 5.41) is 3.76. The first-order chi connectivity index (χ1) is 8.61. The number of rotatable bonds is 3. The van der Waals surface area contributed by atoms with E-state index < -0.39 is 0 Å². The first-order valence-corrected chi connectivity index (χ1v) is 6.20. The molecule has 3 nitrogen and oxygen atoms in total. The van der Waals surface area contributed by atoms with E-state index in [0.29, 0.717) is 15.7 Å². The number of carbonyl (C=O) groups is 1. The Morgan fingerprint density at radius 2 is 2.00 bits per heavy atom. The highest BCUT2D eigenvalue weighted by molar-refractivity contribution is 6.36. The van der Waals surface area contributed by atoms with Crippen molar-refractivity contribution in [3.8, 4) is 0 Å². The number of hydrogen-bond donors (Lipinski definition) is 1. The zero-order valence-corrected chi connectivity index (χ0v) is 11.2. The van der Waals surface area contributed by atoms with Crippen LogP contribution in [0.25, 0.3) is 0 Å². The van der Waals surface area contributed by atoms with E-state index in [1.807, 2.05) is 6.92 Å². The van der Waals surface area contributed by atoms with Crippen LogP contribution in [0.4, 0.5) is 5.69 Å². The predicted molar refractivity (Wildman–Crippen MR) is 72.5 cm³/mol. The summed E-state index contributed by atoms with van der Waals surface area (Å²) in [6.07, 6.45) is 2.18. The van der Waals surface area contributed by atoms with Gasteiger partial charge in [0.1, 0.15) is 0 Å². The molecule has 0 aliphatic rings. The Bertz CT molecular complexity index is 541. The van der Waals surface area contributed by atoms with Gasteiger partial charge in [-0.2, -0.15) is 0 Å². The van der Waals surface area contributed by atoms with Crippen LogP contribution in [0, 0.1) is 0 Å². The first kappa shape index (κ1) is 13.0. The number of hydrogen-bond acceptors (Lipinski definition) is 2. The van der Waals surface area contributed by atoms with E-state index in [2.05, 4.69) is 5.32 Å². The van der Waals surface area contributed by atoms with Crippen molar-refractivity contribution in [1.29, 1.82) is 0 Å². The lowest BCUT2D eigenvalue weighted by Crippen LogP contribution is -2.11. The minimum absolute atomic E-state index is 0.238. The second-order valence-electron chi connectivity index (χ2n) is 3.70. The van der Waals surface area contributed by atoms with Gasteiger partial charge >= 0.3 is 0 Å². The molecular weight excluding hydrogens is 273 g/mol. The lowest BCUT2D eigenvalue weighted by molar-refractivity contribution is 0.0996. The van der Waals surface area contributed by atoms with E-state index >= 15 is 0 Å². The van der Waals surface area contributed by atoms with Crippen molar-refractivity contribution in [2.24, 2.45) is 0 Å². The SMILES string of the molecule is CCc1c(Cl)cc(NC(=O)c2ccco2)cc1Cl. The summed E-state index contributed by atoms with van der Waals surface area (Å²) < 4.78 is 4.99. The molecule has 0 atom stereocenters. The molecule has 1 aromatic carbocycles. The van der Waals surface area contributed by atoms with E-state index in [4.69, 9.17) is 27.6 Å². The highest BCUT2D eigenvalue weighted by Gasteiger charge is 2.11. The number of anilines is 1. The topological polar surface area (TPSA) is 42.2 Å². The van der Waals surface area contributed by atoms with Gasteiger partial charge in [0.05, 0.1) is 6.26 Å². The summed E-state index contributed by atoms with van der Waals surface area (Å²) in [6.45, 7) is 1.97. The van der Waals surface area contributed by atoms with E-state index in [0.717, 1.165) is 12.0 Å². The number of furan rings is 1. The smallest absolute Gasteiger partial charge is 0.291 e. The van der Waals surface area contributed by atoms with Crippen molar-refractivity contribution in [3.05, 3.63) is 51.9 Å². The summed E-state index contributed by atoms with van der Waals surface area (Å²) in [6, 6.07) is 6.58. The Morgan fingerprint density at radius 3 is 2.50 bits per heavy atom. The number of benzene rings is 1. The molecule has 5 heteroatoms. The zero-order valence-electron chi connectivity index (χ0n) is 9.67. The maximum Gasteiger partial charge on any atom is 0.291 e. The average Bonchev–Trinajstić information content (AvgIpc) is 2.81. The third kappa shape index (κ3) is 2.68. The summed E-state index contributed by atoms with van der Waals surface area (Å²) >= 11 is 12.2. The van der Waals surface area contributed by atoms with Gasteiger partial charge in [0.2, 0.25) is 0 Å². The van der Waals surface area contributed by atoms with Gasteiger partial charge in [0, 0.05) is 15.7 Å². The van der Waals surface area contributed by atoms with Crippen LogP contribution in [0.5, 0.6) is 0 Å². The Morgan fingerprint density at radius 1 is 1.33 bits per heavy atom. The van der Waals surface area contributed by atoms with Crippen LogP contribution in [-0.4, -0.2) is 5.91 Å². The molecule has 94 valence electrons. The van der Waals surface area contributed by atoms with Gasteiger partial charge in [0.15, 0.2) is 5.76 Å². The highest BCUT2D eigenvalue weighted by atomic mass is 35.5. The Labute approximate surface area is 115 Å². The summed E-state index contributed by atoms with van der Waals surface area (Å²) in [5.74, 6) is -0.0989. The maximum atomic E-state index is 11.8. The lowest BCUT2D eigenvalue weighted by atomic mass is 10.1. The van der Waals surface area contributed by atoms with Crippen LogP contribution in [0.3, 0.4) is 0 Å². The van der Waals surface area contributed by atoms with Gasteiger partial charge in [-0.1, -0.05) is 30.1 Å². The molecule has 0 spiro atoms. The van der Waals surface area contributed by atoms with Crippen LogP contribution < -0.4 is 5.32 Å². The summed E-state index contributed by atoms with van der Waals surface area (Å²) in [7, 11) is 0. The molecule has 2 aromatic rings. The van der Waals surface area contributed by atoms with Crippen molar-refractivity contribution in [3.63, 3.8) is 0 Å². The quantitative estimate of drug-likeness (QED) is 0.907. The molecule has 0 unspecified atom stereocenters. The van der Waals surface area contributed by atoms with Crippen molar-refractivity contribution in [2.45, 2.75) is 13.3 Å². The number of nitrogens with one attached hydrogen (secondary N) is 1. The number of amides is 1. The van der Waals surface area contributed by atoms with Crippen molar-refractivity contribution >= 4 is 34.8 Å². The molecule has 0 saturated heterocycles. The molecule has 1 heterocycles. The largest absolute Gasteiger partial charge is 0.459 e. The molecule has 0 aliphatic heterocycles. The van der Waals surface area contributed by atoms with Gasteiger partial charge in [-0.05, 0) is 36.2 Å². The fraction of sp³-hybridized carbons (Fsp3) is 0.154. The van der Waals surface area contributed by atoms with Crippen LogP contribution in [0.2, 0.25) is 10.0 Å². The second-order valence-corrected chi connectivity index (χ2v) is 4.52. The molecule has 0 bridgehead atoms. The van der Waals surface area contributed by atoms with Crippen LogP contribution in [0.15, 0.2) is 34.9 Å². The highest BCUT2D eigenvalue weighted by Crippen LogP contribution is 2.29. The molecular formula is C13H11Cl2NO2. The van der Waals surface area contributed by atoms with Gasteiger partial charge in [0.25, 0.3) is 5.91 Å². The Kier molecular flexibility index (Phi) is 3.94. The van der Waals surface area contributed by atoms with E-state index in [-0.39, 0.29) is 11.7 Å². The zero-order chi connectivity index (χ0) is 13.1. The van der Waals surface area contributed by atoms with E-state index in [1.54, 1.807) is 24.3 Å². The van der Waals surface area contributed by atoms with Crippen molar-refractivity contribution in [2.75, 3.05) is 5.32 Å². The molecule has 1 amide bonds. The van der Waals surface area contributed by atoms with Crippen LogP contribution >= 0.6 is 23.2 Å². The fourth-order valence-electron chi connectivity index (χ4n) is 1.61. The third-order valence-electron chi connectivity index (χ3n) is 2.50. The van der Waals surface area contributed by atoms with Gasteiger partial charge in [-0.15, -0.1) is 0 Å². The molecule has 0 aliphatic carbocycles. The molecule has 18 heavy (non-hydrogen) atoms. The normalized spacial score (nSPS) is 10.4. The molecule has 1 aromatic heterocycles. The Hall–Kier alpha value is -1.45. The van der Waals surface area contributed by atoms with Gasteiger partial charge in [-0.3, -0.25) is 4.79 Å². The Balaban J connectivity index is 2.23.